The Balaban J connectivity index is 2.21. The van der Waals surface area contributed by atoms with E-state index in [1.165, 1.54) is 12.1 Å². The van der Waals surface area contributed by atoms with Crippen molar-refractivity contribution in [2.45, 2.75) is 6.61 Å². The highest BCUT2D eigenvalue weighted by Gasteiger charge is 2.17. The normalized spacial score (nSPS) is 9.80. The maximum absolute atomic E-state index is 10.9. The van der Waals surface area contributed by atoms with Gasteiger partial charge >= 0.3 is 5.69 Å². The molecule has 102 valence electrons. The van der Waals surface area contributed by atoms with Crippen molar-refractivity contribution in [3.63, 3.8) is 0 Å². The number of nitrogen functional groups attached to an aromatic ring is 1. The summed E-state index contributed by atoms with van der Waals surface area (Å²) >= 11 is 1.05. The van der Waals surface area contributed by atoms with Crippen LogP contribution in [-0.4, -0.2) is 14.5 Å². The van der Waals surface area contributed by atoms with E-state index in [1.54, 1.807) is 0 Å². The number of nitro benzene ring substituents is 1. The Morgan fingerprint density at radius 3 is 3.05 bits per heavy atom. The molecule has 0 aliphatic rings. The summed E-state index contributed by atoms with van der Waals surface area (Å²) < 4.78 is 9.02. The fraction of sp³-hybridized carbons (Fsp3) is 0.100. The van der Waals surface area contributed by atoms with E-state index in [0.29, 0.717) is 10.7 Å². The monoisotopic (exact) mass is 292 g/mol. The van der Waals surface area contributed by atoms with Gasteiger partial charge in [0.1, 0.15) is 12.3 Å². The number of anilines is 1. The second kappa shape index (κ2) is 5.91. The largest absolute Gasteiger partial charge is 0.480 e. The molecule has 20 heavy (non-hydrogen) atoms. The van der Waals surface area contributed by atoms with E-state index in [9.17, 15) is 10.1 Å². The van der Waals surface area contributed by atoms with Gasteiger partial charge in [-0.15, -0.1) is 5.10 Å². The highest BCUT2D eigenvalue weighted by Crippen LogP contribution is 2.29. The zero-order chi connectivity index (χ0) is 14.5. The van der Waals surface area contributed by atoms with Gasteiger partial charge in [-0.05, 0) is 12.1 Å². The maximum atomic E-state index is 10.9. The average molecular weight is 292 g/mol. The number of nitrogens with two attached hydrogens (primary N) is 1. The van der Waals surface area contributed by atoms with Crippen LogP contribution < -0.4 is 16.0 Å². The molecule has 10 heteroatoms. The molecule has 0 aliphatic heterocycles. The van der Waals surface area contributed by atoms with Gasteiger partial charge in [-0.2, -0.15) is 5.26 Å². The first kappa shape index (κ1) is 13.7. The Labute approximate surface area is 116 Å². The molecule has 0 bridgehead atoms. The minimum absolute atomic E-state index is 0.0250. The van der Waals surface area contributed by atoms with E-state index in [0.717, 1.165) is 17.6 Å². The molecule has 9 nitrogen and oxygen atoms in total. The van der Waals surface area contributed by atoms with E-state index >= 15 is 0 Å². The lowest BCUT2D eigenvalue weighted by molar-refractivity contribution is -0.386. The van der Waals surface area contributed by atoms with Gasteiger partial charge in [-0.25, -0.2) is 5.84 Å². The maximum Gasteiger partial charge on any atom is 0.312 e. The summed E-state index contributed by atoms with van der Waals surface area (Å²) in [6.45, 7) is -0.0250. The fourth-order valence-electron chi connectivity index (χ4n) is 1.41. The van der Waals surface area contributed by atoms with Crippen molar-refractivity contribution >= 4 is 22.2 Å². The lowest BCUT2D eigenvalue weighted by atomic mass is 10.2. The van der Waals surface area contributed by atoms with Crippen LogP contribution in [0.3, 0.4) is 0 Å². The molecule has 0 unspecified atom stereocenters. The summed E-state index contributed by atoms with van der Waals surface area (Å²) in [5.74, 6) is 5.31. The number of hydrogen-bond acceptors (Lipinski definition) is 9. The smallest absolute Gasteiger partial charge is 0.312 e. The standard InChI is InChI=1S/C10H8N6O3S/c11-4-6-1-2-9(8(3-6)16(17)18)19-5-7-10(13-12)20-15-14-7/h1-3,13H,5,12H2. The van der Waals surface area contributed by atoms with E-state index in [4.69, 9.17) is 15.8 Å². The Bertz CT molecular complexity index is 680. The first-order valence-electron chi connectivity index (χ1n) is 5.25. The Morgan fingerprint density at radius 1 is 1.60 bits per heavy atom. The molecule has 0 atom stereocenters. The van der Waals surface area contributed by atoms with Crippen LogP contribution in [0.15, 0.2) is 18.2 Å². The van der Waals surface area contributed by atoms with E-state index < -0.39 is 4.92 Å². The quantitative estimate of drug-likeness (QED) is 0.475. The predicted octanol–water partition coefficient (Wildman–Crippen LogP) is 1.18. The zero-order valence-corrected chi connectivity index (χ0v) is 10.8. The number of hydrazine groups is 1. The number of aromatic nitrogens is 2. The van der Waals surface area contributed by atoms with Crippen LogP contribution in [0.2, 0.25) is 0 Å². The lowest BCUT2D eigenvalue weighted by Gasteiger charge is -2.06. The number of nitrogens with one attached hydrogen (secondary N) is 1. The molecule has 0 fully saturated rings. The van der Waals surface area contributed by atoms with Gasteiger partial charge in [0, 0.05) is 17.6 Å². The van der Waals surface area contributed by atoms with E-state index in [-0.39, 0.29) is 23.6 Å². The van der Waals surface area contributed by atoms with E-state index in [2.05, 4.69) is 15.0 Å². The van der Waals surface area contributed by atoms with Crippen molar-refractivity contribution < 1.29 is 9.66 Å². The molecule has 0 aliphatic carbocycles. The third kappa shape index (κ3) is 2.79. The van der Waals surface area contributed by atoms with Gasteiger partial charge in [0.05, 0.1) is 16.6 Å². The van der Waals surface area contributed by atoms with Crippen LogP contribution >= 0.6 is 11.5 Å². The van der Waals surface area contributed by atoms with Crippen LogP contribution in [0.4, 0.5) is 10.7 Å². The van der Waals surface area contributed by atoms with E-state index in [1.807, 2.05) is 6.07 Å². The van der Waals surface area contributed by atoms with Crippen LogP contribution in [0, 0.1) is 21.4 Å². The van der Waals surface area contributed by atoms with Crippen molar-refractivity contribution in [1.29, 1.82) is 5.26 Å². The summed E-state index contributed by atoms with van der Waals surface area (Å²) in [4.78, 5) is 10.3. The topological polar surface area (TPSA) is 140 Å². The zero-order valence-electron chi connectivity index (χ0n) is 9.94. The number of ether oxygens (including phenoxy) is 1. The molecular weight excluding hydrogens is 284 g/mol. The number of nitriles is 1. The summed E-state index contributed by atoms with van der Waals surface area (Å²) in [5.41, 5.74) is 2.75. The van der Waals surface area contributed by atoms with Gasteiger partial charge < -0.3 is 10.2 Å². The molecule has 0 amide bonds. The number of nitro groups is 1. The second-order valence-electron chi connectivity index (χ2n) is 3.53. The Morgan fingerprint density at radius 2 is 2.40 bits per heavy atom. The van der Waals surface area contributed by atoms with Gasteiger partial charge in [-0.3, -0.25) is 10.1 Å². The molecule has 1 aromatic carbocycles. The first-order chi connectivity index (χ1) is 9.65. The molecule has 2 aromatic rings. The fourth-order valence-corrected chi connectivity index (χ4v) is 1.89. The van der Waals surface area contributed by atoms with Crippen LogP contribution in [0.25, 0.3) is 0 Å². The highest BCUT2D eigenvalue weighted by molar-refractivity contribution is 7.10. The molecule has 1 heterocycles. The number of rotatable bonds is 5. The highest BCUT2D eigenvalue weighted by atomic mass is 32.1. The number of nitrogens with zero attached hydrogens (tertiary/aromatic N) is 4. The third-order valence-corrected chi connectivity index (χ3v) is 3.04. The minimum Gasteiger partial charge on any atom is -0.480 e. The molecule has 2 rings (SSSR count). The number of benzene rings is 1. The summed E-state index contributed by atoms with van der Waals surface area (Å²) in [7, 11) is 0. The van der Waals surface area contributed by atoms with Gasteiger partial charge in [0.15, 0.2) is 10.8 Å². The van der Waals surface area contributed by atoms with Crippen molar-refractivity contribution in [2.24, 2.45) is 5.84 Å². The van der Waals surface area contributed by atoms with Gasteiger partial charge in [0.2, 0.25) is 0 Å². The molecule has 3 N–H and O–H groups in total. The van der Waals surface area contributed by atoms with Crippen molar-refractivity contribution in [2.75, 3.05) is 5.43 Å². The predicted molar refractivity (Wildman–Crippen MR) is 69.9 cm³/mol. The second-order valence-corrected chi connectivity index (χ2v) is 4.29. The Kier molecular flexibility index (Phi) is 4.04. The van der Waals surface area contributed by atoms with Crippen LogP contribution in [-0.2, 0) is 6.61 Å². The minimum atomic E-state index is -0.614. The molecule has 0 spiro atoms. The summed E-state index contributed by atoms with van der Waals surface area (Å²) in [5, 5.41) is 24.0. The average Bonchev–Trinajstić information content (AvgIpc) is 2.92. The SMILES string of the molecule is N#Cc1ccc(OCc2nnsc2NN)c([N+](=O)[O-])c1. The van der Waals surface area contributed by atoms with Gasteiger partial charge in [-0.1, -0.05) is 4.49 Å². The third-order valence-electron chi connectivity index (χ3n) is 2.34. The van der Waals surface area contributed by atoms with Crippen molar-refractivity contribution in [1.82, 2.24) is 9.59 Å². The molecule has 0 saturated carbocycles. The Hall–Kier alpha value is -2.77. The van der Waals surface area contributed by atoms with Gasteiger partial charge in [0.25, 0.3) is 0 Å². The molecule has 0 saturated heterocycles. The van der Waals surface area contributed by atoms with Crippen molar-refractivity contribution in [3.05, 3.63) is 39.6 Å². The first-order valence-corrected chi connectivity index (χ1v) is 6.02. The summed E-state index contributed by atoms with van der Waals surface area (Å²) in [6, 6.07) is 5.78. The lowest BCUT2D eigenvalue weighted by Crippen LogP contribution is -2.09. The number of hydrogen-bond donors (Lipinski definition) is 2. The molecule has 1 aromatic heterocycles. The molecular formula is C10H8N6O3S. The van der Waals surface area contributed by atoms with Crippen LogP contribution in [0.5, 0.6) is 5.75 Å². The van der Waals surface area contributed by atoms with Crippen LogP contribution in [0.1, 0.15) is 11.3 Å². The summed E-state index contributed by atoms with van der Waals surface area (Å²) in [6.07, 6.45) is 0. The molecule has 0 radical (unpaired) electrons. The van der Waals surface area contributed by atoms with Crippen molar-refractivity contribution in [3.8, 4) is 11.8 Å².